The SMILES string of the molecule is CCNC(=NCc1cccc(C(=O)NC)c1)NCC(O)c1ccc(Cl)s1.I. The summed E-state index contributed by atoms with van der Waals surface area (Å²) in [5.41, 5.74) is 1.53. The zero-order valence-corrected chi connectivity index (χ0v) is 19.1. The molecule has 0 spiro atoms. The lowest BCUT2D eigenvalue weighted by molar-refractivity contribution is 0.0963. The molecule has 0 saturated carbocycles. The van der Waals surface area contributed by atoms with Crippen molar-refractivity contribution in [1.29, 1.82) is 0 Å². The van der Waals surface area contributed by atoms with E-state index in [1.807, 2.05) is 31.2 Å². The standard InChI is InChI=1S/C18H23ClN4O2S.HI/c1-3-21-18(23-11-14(24)15-7-8-16(19)26-15)22-10-12-5-4-6-13(9-12)17(25)20-2;/h4-9,14,24H,3,10-11H2,1-2H3,(H,20,25)(H2,21,22,23);1H. The number of thiophene rings is 1. The number of aliphatic hydroxyl groups excluding tert-OH is 1. The molecule has 0 fully saturated rings. The van der Waals surface area contributed by atoms with Crippen molar-refractivity contribution in [1.82, 2.24) is 16.0 Å². The Morgan fingerprint density at radius 3 is 2.70 bits per heavy atom. The van der Waals surface area contributed by atoms with Crippen molar-refractivity contribution in [2.75, 3.05) is 20.1 Å². The van der Waals surface area contributed by atoms with Crippen LogP contribution in [0, 0.1) is 0 Å². The van der Waals surface area contributed by atoms with Gasteiger partial charge in [0.2, 0.25) is 0 Å². The quantitative estimate of drug-likeness (QED) is 0.256. The van der Waals surface area contributed by atoms with Gasteiger partial charge in [-0.2, -0.15) is 0 Å². The van der Waals surface area contributed by atoms with E-state index in [1.165, 1.54) is 11.3 Å². The molecule has 1 unspecified atom stereocenters. The van der Waals surface area contributed by atoms with Crippen LogP contribution in [0.3, 0.4) is 0 Å². The minimum Gasteiger partial charge on any atom is -0.386 e. The van der Waals surface area contributed by atoms with Gasteiger partial charge in [-0.1, -0.05) is 23.7 Å². The summed E-state index contributed by atoms with van der Waals surface area (Å²) in [5.74, 6) is 0.471. The van der Waals surface area contributed by atoms with Gasteiger partial charge in [-0.05, 0) is 36.8 Å². The summed E-state index contributed by atoms with van der Waals surface area (Å²) in [4.78, 5) is 17.0. The van der Waals surface area contributed by atoms with Crippen molar-refractivity contribution in [3.63, 3.8) is 0 Å². The van der Waals surface area contributed by atoms with E-state index >= 15 is 0 Å². The Hall–Kier alpha value is -1.36. The van der Waals surface area contributed by atoms with Gasteiger partial charge >= 0.3 is 0 Å². The highest BCUT2D eigenvalue weighted by molar-refractivity contribution is 14.0. The first kappa shape index (κ1) is 23.7. The number of hydrogen-bond acceptors (Lipinski definition) is 4. The van der Waals surface area contributed by atoms with Gasteiger partial charge in [0.15, 0.2) is 5.96 Å². The van der Waals surface area contributed by atoms with Gasteiger partial charge < -0.3 is 21.1 Å². The lowest BCUT2D eigenvalue weighted by Gasteiger charge is -2.14. The number of rotatable bonds is 7. The topological polar surface area (TPSA) is 85.8 Å². The highest BCUT2D eigenvalue weighted by atomic mass is 127. The molecule has 0 saturated heterocycles. The molecule has 27 heavy (non-hydrogen) atoms. The predicted octanol–water partition coefficient (Wildman–Crippen LogP) is 3.17. The largest absolute Gasteiger partial charge is 0.386 e. The first-order valence-electron chi connectivity index (χ1n) is 8.30. The van der Waals surface area contributed by atoms with Gasteiger partial charge in [0, 0.05) is 30.6 Å². The van der Waals surface area contributed by atoms with Gasteiger partial charge in [0.05, 0.1) is 10.9 Å². The van der Waals surface area contributed by atoms with Crippen LogP contribution in [-0.2, 0) is 6.54 Å². The summed E-state index contributed by atoms with van der Waals surface area (Å²) in [6.45, 7) is 3.41. The minimum atomic E-state index is -0.659. The Labute approximate surface area is 185 Å². The van der Waals surface area contributed by atoms with Crippen molar-refractivity contribution in [3.8, 4) is 0 Å². The fourth-order valence-electron chi connectivity index (χ4n) is 2.27. The van der Waals surface area contributed by atoms with Gasteiger partial charge in [-0.3, -0.25) is 4.79 Å². The summed E-state index contributed by atoms with van der Waals surface area (Å²) < 4.78 is 0.649. The number of aliphatic hydroxyl groups is 1. The molecular formula is C18H24ClIN4O2S. The molecule has 4 N–H and O–H groups in total. The monoisotopic (exact) mass is 522 g/mol. The van der Waals surface area contributed by atoms with Crippen LogP contribution < -0.4 is 16.0 Å². The highest BCUT2D eigenvalue weighted by Crippen LogP contribution is 2.26. The second-order valence-corrected chi connectivity index (χ2v) is 7.26. The Bertz CT molecular complexity index is 769. The minimum absolute atomic E-state index is 0. The Morgan fingerprint density at radius 2 is 2.07 bits per heavy atom. The molecule has 0 bridgehead atoms. The molecule has 1 aromatic carbocycles. The molecule has 1 heterocycles. The third-order valence-corrected chi connectivity index (χ3v) is 4.90. The fourth-order valence-corrected chi connectivity index (χ4v) is 3.32. The zero-order chi connectivity index (χ0) is 18.9. The average molecular weight is 523 g/mol. The van der Waals surface area contributed by atoms with Crippen molar-refractivity contribution in [3.05, 3.63) is 56.7 Å². The smallest absolute Gasteiger partial charge is 0.251 e. The maximum absolute atomic E-state index is 11.7. The third kappa shape index (κ3) is 7.65. The molecule has 6 nitrogen and oxygen atoms in total. The Balaban J connectivity index is 0.00000364. The number of nitrogens with zero attached hydrogens (tertiary/aromatic N) is 1. The van der Waals surface area contributed by atoms with Crippen LogP contribution in [-0.4, -0.2) is 37.1 Å². The third-order valence-electron chi connectivity index (χ3n) is 3.57. The van der Waals surface area contributed by atoms with E-state index in [9.17, 15) is 9.90 Å². The number of carbonyl (C=O) groups is 1. The maximum Gasteiger partial charge on any atom is 0.251 e. The lowest BCUT2D eigenvalue weighted by atomic mass is 10.1. The van der Waals surface area contributed by atoms with Crippen molar-refractivity contribution in [2.45, 2.75) is 19.6 Å². The van der Waals surface area contributed by atoms with E-state index in [0.29, 0.717) is 35.5 Å². The van der Waals surface area contributed by atoms with Crippen LogP contribution in [0.15, 0.2) is 41.4 Å². The molecule has 2 aromatic rings. The summed E-state index contributed by atoms with van der Waals surface area (Å²) >= 11 is 7.26. The number of nitrogens with one attached hydrogen (secondary N) is 3. The molecule has 148 valence electrons. The normalized spacial score (nSPS) is 12.1. The van der Waals surface area contributed by atoms with Crippen LogP contribution >= 0.6 is 46.9 Å². The second kappa shape index (κ2) is 12.2. The molecule has 0 radical (unpaired) electrons. The number of amides is 1. The van der Waals surface area contributed by atoms with Crippen molar-refractivity contribution in [2.24, 2.45) is 4.99 Å². The molecule has 0 aliphatic rings. The van der Waals surface area contributed by atoms with E-state index in [1.54, 1.807) is 19.2 Å². The predicted molar refractivity (Wildman–Crippen MR) is 122 cm³/mol. The summed E-state index contributed by atoms with van der Waals surface area (Å²) in [7, 11) is 1.60. The number of aliphatic imine (C=N–C) groups is 1. The second-order valence-electron chi connectivity index (χ2n) is 5.51. The Kier molecular flexibility index (Phi) is 10.7. The van der Waals surface area contributed by atoms with Crippen LogP contribution in [0.25, 0.3) is 0 Å². The van der Waals surface area contributed by atoms with Gasteiger partial charge in [-0.25, -0.2) is 4.99 Å². The lowest BCUT2D eigenvalue weighted by Crippen LogP contribution is -2.39. The van der Waals surface area contributed by atoms with Crippen LogP contribution in [0.2, 0.25) is 4.34 Å². The van der Waals surface area contributed by atoms with E-state index in [0.717, 1.165) is 10.4 Å². The van der Waals surface area contributed by atoms with Gasteiger partial charge in [0.1, 0.15) is 6.10 Å². The molecule has 9 heteroatoms. The van der Waals surface area contributed by atoms with Gasteiger partial charge in [-0.15, -0.1) is 35.3 Å². The number of guanidine groups is 1. The van der Waals surface area contributed by atoms with E-state index in [-0.39, 0.29) is 29.9 Å². The van der Waals surface area contributed by atoms with Crippen LogP contribution in [0.5, 0.6) is 0 Å². The molecule has 1 amide bonds. The molecule has 1 atom stereocenters. The van der Waals surface area contributed by atoms with Crippen molar-refractivity contribution < 1.29 is 9.90 Å². The summed E-state index contributed by atoms with van der Waals surface area (Å²) in [5, 5.41) is 19.1. The highest BCUT2D eigenvalue weighted by Gasteiger charge is 2.11. The number of benzene rings is 1. The summed E-state index contributed by atoms with van der Waals surface area (Å²) in [6, 6.07) is 10.9. The van der Waals surface area contributed by atoms with Crippen molar-refractivity contribution >= 4 is 58.8 Å². The number of carbonyl (C=O) groups excluding carboxylic acids is 1. The average Bonchev–Trinajstić information content (AvgIpc) is 3.09. The number of halogens is 2. The number of hydrogen-bond donors (Lipinski definition) is 4. The van der Waals surface area contributed by atoms with Gasteiger partial charge in [0.25, 0.3) is 5.91 Å². The maximum atomic E-state index is 11.7. The zero-order valence-electron chi connectivity index (χ0n) is 15.2. The molecular weight excluding hydrogens is 499 g/mol. The van der Waals surface area contributed by atoms with E-state index in [2.05, 4.69) is 20.9 Å². The first-order valence-corrected chi connectivity index (χ1v) is 9.49. The molecule has 0 aliphatic carbocycles. The van der Waals surface area contributed by atoms with Crippen LogP contribution in [0.4, 0.5) is 0 Å². The summed E-state index contributed by atoms with van der Waals surface area (Å²) in [6.07, 6.45) is -0.659. The van der Waals surface area contributed by atoms with E-state index in [4.69, 9.17) is 11.6 Å². The molecule has 0 aliphatic heterocycles. The Morgan fingerprint density at radius 1 is 1.30 bits per heavy atom. The fraction of sp³-hybridized carbons (Fsp3) is 0.333. The van der Waals surface area contributed by atoms with E-state index < -0.39 is 6.10 Å². The first-order chi connectivity index (χ1) is 12.5. The molecule has 2 rings (SSSR count). The van der Waals surface area contributed by atoms with Crippen LogP contribution in [0.1, 0.15) is 33.8 Å². The molecule has 1 aromatic heterocycles.